The molecule has 0 aliphatic carbocycles. The summed E-state index contributed by atoms with van der Waals surface area (Å²) >= 11 is 3.25. The van der Waals surface area contributed by atoms with Crippen LogP contribution in [0.4, 0.5) is 0 Å². The van der Waals surface area contributed by atoms with E-state index in [1.165, 1.54) is 0 Å². The van der Waals surface area contributed by atoms with Crippen LogP contribution in [0.25, 0.3) is 0 Å². The lowest BCUT2D eigenvalue weighted by molar-refractivity contribution is -0.148. The van der Waals surface area contributed by atoms with Gasteiger partial charge in [0.05, 0.1) is 6.61 Å². The van der Waals surface area contributed by atoms with E-state index in [-0.39, 0.29) is 11.9 Å². The lowest BCUT2D eigenvalue weighted by Gasteiger charge is -2.22. The average molecular weight is 294 g/mol. The predicted molar refractivity (Wildman–Crippen MR) is 66.4 cm³/mol. The van der Waals surface area contributed by atoms with Crippen molar-refractivity contribution in [3.63, 3.8) is 0 Å². The summed E-state index contributed by atoms with van der Waals surface area (Å²) in [5.41, 5.74) is -0.503. The van der Waals surface area contributed by atoms with E-state index in [1.807, 2.05) is 0 Å². The molecule has 1 unspecified atom stereocenters. The van der Waals surface area contributed by atoms with Gasteiger partial charge in [-0.1, -0.05) is 36.7 Å². The van der Waals surface area contributed by atoms with Crippen molar-refractivity contribution in [2.45, 2.75) is 40.2 Å². The molecule has 0 fully saturated rings. The highest BCUT2D eigenvalue weighted by molar-refractivity contribution is 9.09. The van der Waals surface area contributed by atoms with Gasteiger partial charge in [-0.05, 0) is 13.3 Å². The van der Waals surface area contributed by atoms with Crippen LogP contribution in [0.1, 0.15) is 34.1 Å². The smallest absolute Gasteiger partial charge is 0.328 e. The zero-order valence-electron chi connectivity index (χ0n) is 10.3. The van der Waals surface area contributed by atoms with Crippen molar-refractivity contribution in [2.75, 3.05) is 11.9 Å². The molecule has 1 amide bonds. The fourth-order valence-electron chi connectivity index (χ4n) is 0.976. The first-order valence-corrected chi connectivity index (χ1v) is 6.48. The van der Waals surface area contributed by atoms with Gasteiger partial charge in [0.15, 0.2) is 0 Å². The molecule has 0 bridgehead atoms. The molecule has 0 saturated carbocycles. The van der Waals surface area contributed by atoms with Crippen molar-refractivity contribution in [3.05, 3.63) is 0 Å². The Morgan fingerprint density at radius 3 is 2.31 bits per heavy atom. The highest BCUT2D eigenvalue weighted by atomic mass is 79.9. The summed E-state index contributed by atoms with van der Waals surface area (Å²) in [5, 5.41) is 3.34. The van der Waals surface area contributed by atoms with E-state index in [0.717, 1.165) is 0 Å². The number of hydrogen-bond acceptors (Lipinski definition) is 3. The summed E-state index contributed by atoms with van der Waals surface area (Å²) in [6.45, 7) is 7.48. The molecule has 0 spiro atoms. The number of rotatable bonds is 5. The molecule has 0 heterocycles. The molecule has 0 rings (SSSR count). The highest BCUT2D eigenvalue weighted by Crippen LogP contribution is 2.13. The van der Waals surface area contributed by atoms with Crippen molar-refractivity contribution in [1.82, 2.24) is 5.32 Å². The van der Waals surface area contributed by atoms with Crippen molar-refractivity contribution in [1.29, 1.82) is 0 Å². The number of halogens is 1. The van der Waals surface area contributed by atoms with Crippen molar-refractivity contribution < 1.29 is 14.3 Å². The average Bonchev–Trinajstić information content (AvgIpc) is 2.15. The normalized spacial score (nSPS) is 13.1. The minimum Gasteiger partial charge on any atom is -0.464 e. The van der Waals surface area contributed by atoms with Crippen LogP contribution >= 0.6 is 15.9 Å². The Hall–Kier alpha value is -0.580. The molecule has 94 valence electrons. The lowest BCUT2D eigenvalue weighted by Crippen LogP contribution is -2.46. The Balaban J connectivity index is 4.45. The zero-order valence-corrected chi connectivity index (χ0v) is 11.9. The van der Waals surface area contributed by atoms with E-state index in [1.54, 1.807) is 27.7 Å². The second-order valence-electron chi connectivity index (χ2n) is 4.51. The second kappa shape index (κ2) is 6.89. The highest BCUT2D eigenvalue weighted by Gasteiger charge is 2.27. The minimum atomic E-state index is -0.564. The molecule has 16 heavy (non-hydrogen) atoms. The van der Waals surface area contributed by atoms with E-state index in [4.69, 9.17) is 4.74 Å². The molecule has 0 saturated heterocycles. The Bertz CT molecular complexity index is 248. The van der Waals surface area contributed by atoms with E-state index in [2.05, 4.69) is 21.2 Å². The Labute approximate surface area is 105 Å². The van der Waals surface area contributed by atoms with Crippen LogP contribution < -0.4 is 5.32 Å². The SMILES string of the molecule is CCOC(=O)C(CCBr)NC(=O)C(C)(C)C. The van der Waals surface area contributed by atoms with Gasteiger partial charge in [0.2, 0.25) is 5.91 Å². The van der Waals surface area contributed by atoms with Gasteiger partial charge in [0.25, 0.3) is 0 Å². The topological polar surface area (TPSA) is 55.4 Å². The third kappa shape index (κ3) is 5.49. The first kappa shape index (κ1) is 15.4. The predicted octanol–water partition coefficient (Wildman–Crippen LogP) is 1.87. The van der Waals surface area contributed by atoms with Crippen LogP contribution in [0, 0.1) is 5.41 Å². The van der Waals surface area contributed by atoms with Gasteiger partial charge >= 0.3 is 5.97 Å². The Morgan fingerprint density at radius 1 is 1.38 bits per heavy atom. The van der Waals surface area contributed by atoms with Gasteiger partial charge in [-0.2, -0.15) is 0 Å². The summed E-state index contributed by atoms with van der Waals surface area (Å²) in [7, 11) is 0. The van der Waals surface area contributed by atoms with Crippen LogP contribution in [-0.2, 0) is 14.3 Å². The quantitative estimate of drug-likeness (QED) is 0.622. The second-order valence-corrected chi connectivity index (χ2v) is 5.30. The fraction of sp³-hybridized carbons (Fsp3) is 0.818. The number of carbonyl (C=O) groups excluding carboxylic acids is 2. The maximum atomic E-state index is 11.7. The summed E-state index contributed by atoms with van der Waals surface area (Å²) in [4.78, 5) is 23.3. The molecule has 0 radical (unpaired) electrons. The van der Waals surface area contributed by atoms with Crippen molar-refractivity contribution >= 4 is 27.8 Å². The summed E-state index contributed by atoms with van der Waals surface area (Å²) < 4.78 is 4.90. The number of ether oxygens (including phenoxy) is 1. The van der Waals surface area contributed by atoms with Gasteiger partial charge < -0.3 is 10.1 Å². The largest absolute Gasteiger partial charge is 0.464 e. The molecule has 4 nitrogen and oxygen atoms in total. The van der Waals surface area contributed by atoms with E-state index < -0.39 is 11.5 Å². The first-order valence-electron chi connectivity index (χ1n) is 5.36. The molecule has 5 heteroatoms. The monoisotopic (exact) mass is 293 g/mol. The third-order valence-corrected chi connectivity index (χ3v) is 2.41. The standard InChI is InChI=1S/C11H20BrNO3/c1-5-16-9(14)8(6-7-12)13-10(15)11(2,3)4/h8H,5-7H2,1-4H3,(H,13,15). The number of amides is 1. The number of hydrogen-bond donors (Lipinski definition) is 1. The molecule has 0 aliphatic heterocycles. The molecule has 0 aromatic heterocycles. The number of nitrogens with one attached hydrogen (secondary N) is 1. The summed E-state index contributed by atoms with van der Waals surface area (Å²) in [6.07, 6.45) is 0.528. The van der Waals surface area contributed by atoms with Gasteiger partial charge in [0, 0.05) is 10.7 Å². The third-order valence-electron chi connectivity index (χ3n) is 1.96. The fourth-order valence-corrected chi connectivity index (χ4v) is 1.43. The van der Waals surface area contributed by atoms with E-state index in [9.17, 15) is 9.59 Å². The van der Waals surface area contributed by atoms with E-state index in [0.29, 0.717) is 18.4 Å². The molecule has 0 aromatic carbocycles. The summed E-state index contributed by atoms with van der Waals surface area (Å²) in [6, 6.07) is -0.564. The van der Waals surface area contributed by atoms with Crippen molar-refractivity contribution in [2.24, 2.45) is 5.41 Å². The number of carbonyl (C=O) groups is 2. The van der Waals surface area contributed by atoms with Crippen molar-refractivity contribution in [3.8, 4) is 0 Å². The van der Waals surface area contributed by atoms with Crippen LogP contribution in [0.15, 0.2) is 0 Å². The van der Waals surface area contributed by atoms with Gasteiger partial charge in [-0.25, -0.2) is 4.79 Å². The molecule has 1 N–H and O–H groups in total. The van der Waals surface area contributed by atoms with Gasteiger partial charge in [0.1, 0.15) is 6.04 Å². The van der Waals surface area contributed by atoms with Crippen LogP contribution in [0.3, 0.4) is 0 Å². The van der Waals surface area contributed by atoms with Gasteiger partial charge in [-0.15, -0.1) is 0 Å². The van der Waals surface area contributed by atoms with Crippen LogP contribution in [-0.4, -0.2) is 29.9 Å². The molecule has 0 aromatic rings. The first-order chi connectivity index (χ1) is 7.32. The Morgan fingerprint density at radius 2 is 1.94 bits per heavy atom. The zero-order chi connectivity index (χ0) is 12.8. The number of esters is 1. The van der Waals surface area contributed by atoms with Crippen LogP contribution in [0.5, 0.6) is 0 Å². The minimum absolute atomic E-state index is 0.147. The molecule has 0 aliphatic rings. The molecular formula is C11H20BrNO3. The molecular weight excluding hydrogens is 274 g/mol. The molecule has 1 atom stereocenters. The maximum Gasteiger partial charge on any atom is 0.328 e. The van der Waals surface area contributed by atoms with Crippen LogP contribution in [0.2, 0.25) is 0 Å². The Kier molecular flexibility index (Phi) is 6.64. The number of alkyl halides is 1. The summed E-state index contributed by atoms with van der Waals surface area (Å²) in [5.74, 6) is -0.522. The lowest BCUT2D eigenvalue weighted by atomic mass is 9.95. The van der Waals surface area contributed by atoms with E-state index >= 15 is 0 Å². The van der Waals surface area contributed by atoms with Gasteiger partial charge in [-0.3, -0.25) is 4.79 Å². The maximum absolute atomic E-state index is 11.7.